The molecule has 0 unspecified atom stereocenters. The van der Waals surface area contributed by atoms with Crippen molar-refractivity contribution in [3.63, 3.8) is 0 Å². The van der Waals surface area contributed by atoms with Crippen LogP contribution in [0.3, 0.4) is 0 Å². The zero-order chi connectivity index (χ0) is 65.8. The van der Waals surface area contributed by atoms with E-state index < -0.39 is 0 Å². The number of halogens is 4. The van der Waals surface area contributed by atoms with Crippen LogP contribution in [0.5, 0.6) is 0 Å². The Morgan fingerprint density at radius 1 is 0.0990 bits per heavy atom. The van der Waals surface area contributed by atoms with Gasteiger partial charge in [0.1, 0.15) is 0 Å². The third kappa shape index (κ3) is 29.8. The van der Waals surface area contributed by atoms with Crippen molar-refractivity contribution >= 4 is 0 Å². The van der Waals surface area contributed by atoms with Gasteiger partial charge in [0.05, 0.1) is 91.1 Å². The second-order valence-corrected chi connectivity index (χ2v) is 19.4. The average Bonchev–Trinajstić information content (AvgIpc) is 2.49. The Morgan fingerprint density at radius 2 is 0.158 bits per heavy atom. The normalized spacial score (nSPS) is 9.19. The molecule has 0 saturated heterocycles. The molecule has 0 fully saturated rings. The summed E-state index contributed by atoms with van der Waals surface area (Å²) in [5.41, 5.74) is 14.6. The Morgan fingerprint density at radius 3 is 0.198 bits per heavy atom. The van der Waals surface area contributed by atoms with Gasteiger partial charge in [0, 0.05) is 99.1 Å². The molecule has 0 aliphatic heterocycles. The van der Waals surface area contributed by atoms with Gasteiger partial charge in [0.25, 0.3) is 0 Å². The van der Waals surface area contributed by atoms with Crippen molar-refractivity contribution in [3.05, 3.63) is 390 Å². The molecule has 0 aliphatic carbocycles. The van der Waals surface area contributed by atoms with Gasteiger partial charge in [-0.3, -0.25) is 79.7 Å². The van der Waals surface area contributed by atoms with Crippen LogP contribution in [0, 0.1) is 0 Å². The zero-order valence-electron chi connectivity index (χ0n) is 54.0. The SMILES string of the molecule is [Cl-].[Cl-].[Cl-].[Cl-].[Ru+4].c1ccc(-c2ccccn2)nc1.c1ccc(-c2ccccn2)nc1.c1ccc(-c2ccccn2)nc1.c1ccc(-c2ccccn2)nc1.c1ccc(-c2ccccn2)nc1.c1ccc(-c2ccccn2)nc1.c1ccc(-c2ccccn2)nc1.c1ccc(-c2ccccn2)nc1. The van der Waals surface area contributed by atoms with E-state index in [0.717, 1.165) is 91.1 Å². The van der Waals surface area contributed by atoms with Crippen LogP contribution < -0.4 is 49.6 Å². The second kappa shape index (κ2) is 49.7. The van der Waals surface area contributed by atoms with Gasteiger partial charge in [-0.1, -0.05) is 97.1 Å². The largest absolute Gasteiger partial charge is 4.00 e. The number of nitrogens with zero attached hydrogens (tertiary/aromatic N) is 16. The van der Waals surface area contributed by atoms with E-state index in [9.17, 15) is 0 Å². The fourth-order valence-electron chi connectivity index (χ4n) is 8.23. The number of rotatable bonds is 8. The molecule has 16 aromatic heterocycles. The maximum Gasteiger partial charge on any atom is 4.00 e. The van der Waals surface area contributed by atoms with Crippen LogP contribution in [0.15, 0.2) is 390 Å². The fraction of sp³-hybridized carbons (Fsp3) is 0. The summed E-state index contributed by atoms with van der Waals surface area (Å²) in [5.74, 6) is 0. The van der Waals surface area contributed by atoms with E-state index in [0.29, 0.717) is 0 Å². The van der Waals surface area contributed by atoms with Gasteiger partial charge in [-0.25, -0.2) is 0 Å². The first-order chi connectivity index (χ1) is 47.7. The van der Waals surface area contributed by atoms with Crippen molar-refractivity contribution in [1.29, 1.82) is 0 Å². The summed E-state index contributed by atoms with van der Waals surface area (Å²) in [5, 5.41) is 0. The summed E-state index contributed by atoms with van der Waals surface area (Å²) >= 11 is 0. The first-order valence-corrected chi connectivity index (χ1v) is 30.3. The topological polar surface area (TPSA) is 206 Å². The molecule has 500 valence electrons. The summed E-state index contributed by atoms with van der Waals surface area (Å²) in [6.45, 7) is 0. The third-order valence-electron chi connectivity index (χ3n) is 12.7. The number of pyridine rings is 16. The summed E-state index contributed by atoms with van der Waals surface area (Å²) in [6.07, 6.45) is 28.3. The Kier molecular flexibility index (Phi) is 40.1. The summed E-state index contributed by atoms with van der Waals surface area (Å²) in [4.78, 5) is 67.0. The van der Waals surface area contributed by atoms with E-state index in [1.54, 1.807) is 99.1 Å². The van der Waals surface area contributed by atoms with Crippen LogP contribution in [0.2, 0.25) is 0 Å². The molecule has 0 amide bonds. The molecule has 0 bridgehead atoms. The van der Waals surface area contributed by atoms with Crippen LogP contribution in [-0.4, -0.2) is 79.7 Å². The molecule has 0 radical (unpaired) electrons. The maximum atomic E-state index is 4.19. The quantitative estimate of drug-likeness (QED) is 0.180. The van der Waals surface area contributed by atoms with Crippen molar-refractivity contribution in [2.45, 2.75) is 0 Å². The van der Waals surface area contributed by atoms with Gasteiger partial charge in [-0.05, 0) is 194 Å². The third-order valence-corrected chi connectivity index (χ3v) is 12.7. The van der Waals surface area contributed by atoms with Gasteiger partial charge in [-0.15, -0.1) is 0 Å². The van der Waals surface area contributed by atoms with Gasteiger partial charge >= 0.3 is 19.5 Å². The van der Waals surface area contributed by atoms with Crippen molar-refractivity contribution in [2.75, 3.05) is 0 Å². The van der Waals surface area contributed by atoms with Crippen LogP contribution >= 0.6 is 0 Å². The Balaban J connectivity index is 0.000000243. The average molecular weight is 1490 g/mol. The van der Waals surface area contributed by atoms with Crippen molar-refractivity contribution in [2.24, 2.45) is 0 Å². The first-order valence-electron chi connectivity index (χ1n) is 30.3. The first kappa shape index (κ1) is 81.6. The molecule has 0 saturated carbocycles. The van der Waals surface area contributed by atoms with Gasteiger partial charge in [0.15, 0.2) is 0 Å². The Hall–Kier alpha value is -11.8. The van der Waals surface area contributed by atoms with Crippen LogP contribution in [0.4, 0.5) is 0 Å². The minimum Gasteiger partial charge on any atom is -1.00 e. The van der Waals surface area contributed by atoms with E-state index in [1.165, 1.54) is 0 Å². The van der Waals surface area contributed by atoms with Crippen molar-refractivity contribution < 1.29 is 69.1 Å². The van der Waals surface area contributed by atoms with E-state index in [-0.39, 0.29) is 69.1 Å². The molecule has 0 spiro atoms. The smallest absolute Gasteiger partial charge is 1.00 e. The molecule has 0 aliphatic rings. The predicted octanol–water partition coefficient (Wildman–Crippen LogP) is 5.16. The number of hydrogen-bond acceptors (Lipinski definition) is 16. The van der Waals surface area contributed by atoms with Gasteiger partial charge in [-0.2, -0.15) is 0 Å². The standard InChI is InChI=1S/8C10H8N2.4ClH.Ru/c8*1-3-7-11-9(5-1)10-6-2-4-8-12-10;;;;;/h8*1-8H;4*1H;/q;;;;;;;;;;;;+4/p-4. The molecule has 0 atom stereocenters. The molecular formula is C80H64Cl4N16Ru. The van der Waals surface area contributed by atoms with Gasteiger partial charge < -0.3 is 49.6 Å². The molecule has 16 nitrogen and oxygen atoms in total. The van der Waals surface area contributed by atoms with Crippen molar-refractivity contribution in [1.82, 2.24) is 79.7 Å². The molecule has 16 heterocycles. The minimum atomic E-state index is 0. The van der Waals surface area contributed by atoms with Gasteiger partial charge in [0.2, 0.25) is 0 Å². The van der Waals surface area contributed by atoms with Crippen LogP contribution in [-0.2, 0) is 19.5 Å². The zero-order valence-corrected chi connectivity index (χ0v) is 58.7. The summed E-state index contributed by atoms with van der Waals surface area (Å²) in [7, 11) is 0. The van der Waals surface area contributed by atoms with Crippen LogP contribution in [0.25, 0.3) is 91.1 Å². The second-order valence-electron chi connectivity index (χ2n) is 19.4. The fourth-order valence-corrected chi connectivity index (χ4v) is 8.23. The van der Waals surface area contributed by atoms with E-state index in [1.807, 2.05) is 291 Å². The molecule has 16 aromatic rings. The molecule has 0 aromatic carbocycles. The number of aromatic nitrogens is 16. The Labute approximate surface area is 625 Å². The molecule has 0 N–H and O–H groups in total. The maximum absolute atomic E-state index is 4.19. The van der Waals surface area contributed by atoms with E-state index >= 15 is 0 Å². The van der Waals surface area contributed by atoms with Crippen LogP contribution in [0.1, 0.15) is 0 Å². The summed E-state index contributed by atoms with van der Waals surface area (Å²) in [6, 6.07) is 92.8. The molecular weight excluding hydrogens is 1430 g/mol. The van der Waals surface area contributed by atoms with E-state index in [4.69, 9.17) is 0 Å². The summed E-state index contributed by atoms with van der Waals surface area (Å²) < 4.78 is 0. The molecule has 101 heavy (non-hydrogen) atoms. The van der Waals surface area contributed by atoms with Crippen molar-refractivity contribution in [3.8, 4) is 91.1 Å². The minimum absolute atomic E-state index is 0. The molecule has 21 heteroatoms. The Bertz CT molecular complexity index is 3370. The van der Waals surface area contributed by atoms with E-state index in [2.05, 4.69) is 79.7 Å². The molecule has 16 rings (SSSR count). The monoisotopic (exact) mass is 1490 g/mol. The number of hydrogen-bond donors (Lipinski definition) is 0. The predicted molar refractivity (Wildman–Crippen MR) is 380 cm³/mol.